The van der Waals surface area contributed by atoms with E-state index < -0.39 is 10.0 Å². The number of rotatable bonds is 7. The molecule has 0 unspecified atom stereocenters. The molecule has 1 amide bonds. The van der Waals surface area contributed by atoms with Crippen LogP contribution < -0.4 is 4.31 Å². The Morgan fingerprint density at radius 1 is 0.875 bits per heavy atom. The number of hydrogen-bond donors (Lipinski definition) is 0. The van der Waals surface area contributed by atoms with E-state index in [1.165, 1.54) is 9.21 Å². The molecular weight excluding hydrogens is 444 g/mol. The predicted octanol–water partition coefficient (Wildman–Crippen LogP) is 5.12. The zero-order valence-corrected chi connectivity index (χ0v) is 20.2. The Balaban J connectivity index is 1.94. The highest BCUT2D eigenvalue weighted by molar-refractivity contribution is 7.92. The Morgan fingerprint density at radius 2 is 1.47 bits per heavy atom. The summed E-state index contributed by atoms with van der Waals surface area (Å²) in [5.41, 5.74) is 4.16. The molecule has 3 aromatic carbocycles. The van der Waals surface area contributed by atoms with Crippen LogP contribution in [-0.4, -0.2) is 32.8 Å². The van der Waals surface area contributed by atoms with Crippen molar-refractivity contribution in [3.8, 4) is 0 Å². The molecule has 0 atom stereocenters. The minimum atomic E-state index is -3.94. The third-order valence-corrected chi connectivity index (χ3v) is 7.29. The third kappa shape index (κ3) is 5.50. The smallest absolute Gasteiger partial charge is 0.264 e. The number of benzene rings is 3. The van der Waals surface area contributed by atoms with Crippen molar-refractivity contribution in [1.29, 1.82) is 0 Å². The summed E-state index contributed by atoms with van der Waals surface area (Å²) in [5.74, 6) is -0.310. The lowest BCUT2D eigenvalue weighted by atomic mass is 10.1. The van der Waals surface area contributed by atoms with Gasteiger partial charge in [-0.1, -0.05) is 59.1 Å². The summed E-state index contributed by atoms with van der Waals surface area (Å²) < 4.78 is 28.4. The van der Waals surface area contributed by atoms with E-state index in [9.17, 15) is 13.2 Å². The average Bonchev–Trinajstić information content (AvgIpc) is 2.74. The molecule has 0 aromatic heterocycles. The van der Waals surface area contributed by atoms with E-state index in [2.05, 4.69) is 0 Å². The molecule has 0 bridgehead atoms. The fourth-order valence-electron chi connectivity index (χ4n) is 3.42. The van der Waals surface area contributed by atoms with Gasteiger partial charge in [0, 0.05) is 18.6 Å². The van der Waals surface area contributed by atoms with Crippen molar-refractivity contribution < 1.29 is 13.2 Å². The van der Waals surface area contributed by atoms with Crippen LogP contribution in [0.3, 0.4) is 0 Å². The summed E-state index contributed by atoms with van der Waals surface area (Å²) in [4.78, 5) is 14.8. The molecule has 0 fully saturated rings. The Morgan fingerprint density at radius 3 is 2.06 bits per heavy atom. The van der Waals surface area contributed by atoms with Crippen molar-refractivity contribution in [2.75, 3.05) is 17.9 Å². The predicted molar refractivity (Wildman–Crippen MR) is 130 cm³/mol. The lowest BCUT2D eigenvalue weighted by Gasteiger charge is -2.28. The molecule has 3 rings (SSSR count). The SMILES string of the molecule is Cc1ccc(S(=O)(=O)N(CC(=O)N(C)Cc2ccc(Cl)cc2)c2ccc(C)cc2C)cc1. The zero-order chi connectivity index (χ0) is 23.5. The first-order valence-corrected chi connectivity index (χ1v) is 12.0. The van der Waals surface area contributed by atoms with Crippen molar-refractivity contribution in [2.45, 2.75) is 32.2 Å². The highest BCUT2D eigenvalue weighted by Gasteiger charge is 2.29. The Kier molecular flexibility index (Phi) is 7.26. The molecule has 7 heteroatoms. The molecule has 0 saturated heterocycles. The van der Waals surface area contributed by atoms with Gasteiger partial charge in [-0.3, -0.25) is 9.10 Å². The van der Waals surface area contributed by atoms with E-state index in [1.807, 2.05) is 45.0 Å². The molecule has 168 valence electrons. The van der Waals surface area contributed by atoms with Crippen molar-refractivity contribution in [2.24, 2.45) is 0 Å². The van der Waals surface area contributed by atoms with E-state index in [-0.39, 0.29) is 17.3 Å². The van der Waals surface area contributed by atoms with Gasteiger partial charge in [0.05, 0.1) is 10.6 Å². The van der Waals surface area contributed by atoms with Crippen LogP contribution in [0.15, 0.2) is 71.6 Å². The molecule has 32 heavy (non-hydrogen) atoms. The monoisotopic (exact) mass is 470 g/mol. The number of aryl methyl sites for hydroxylation is 3. The quantitative estimate of drug-likeness (QED) is 0.481. The lowest BCUT2D eigenvalue weighted by Crippen LogP contribution is -2.41. The second kappa shape index (κ2) is 9.76. The molecule has 0 aliphatic carbocycles. The highest BCUT2D eigenvalue weighted by atomic mass is 35.5. The molecule has 0 radical (unpaired) electrons. The van der Waals surface area contributed by atoms with Crippen molar-refractivity contribution >= 4 is 33.2 Å². The molecular formula is C25H27ClN2O3S. The number of anilines is 1. The normalized spacial score (nSPS) is 11.3. The van der Waals surface area contributed by atoms with Crippen LogP contribution in [0.2, 0.25) is 5.02 Å². The summed E-state index contributed by atoms with van der Waals surface area (Å²) in [6.07, 6.45) is 0. The number of carbonyl (C=O) groups is 1. The van der Waals surface area contributed by atoms with Gasteiger partial charge < -0.3 is 4.90 Å². The highest BCUT2D eigenvalue weighted by Crippen LogP contribution is 2.28. The number of amides is 1. The average molecular weight is 471 g/mol. The van der Waals surface area contributed by atoms with Crippen LogP contribution in [0.1, 0.15) is 22.3 Å². The maximum absolute atomic E-state index is 13.6. The van der Waals surface area contributed by atoms with Crippen LogP contribution in [0.5, 0.6) is 0 Å². The number of hydrogen-bond acceptors (Lipinski definition) is 3. The molecule has 5 nitrogen and oxygen atoms in total. The standard InChI is InChI=1S/C25H27ClN2O3S/c1-18-5-12-23(13-6-18)32(30,31)28(24-14-7-19(2)15-20(24)3)17-25(29)27(4)16-21-8-10-22(26)11-9-21/h5-15H,16-17H2,1-4H3. The van der Waals surface area contributed by atoms with Crippen molar-refractivity contribution in [3.05, 3.63) is 94.0 Å². The zero-order valence-electron chi connectivity index (χ0n) is 18.7. The molecule has 0 spiro atoms. The molecule has 0 heterocycles. The fraction of sp³-hybridized carbons (Fsp3) is 0.240. The number of nitrogens with zero attached hydrogens (tertiary/aromatic N) is 2. The van der Waals surface area contributed by atoms with Gasteiger partial charge in [0.2, 0.25) is 5.91 Å². The fourth-order valence-corrected chi connectivity index (χ4v) is 5.02. The molecule has 0 N–H and O–H groups in total. The van der Waals surface area contributed by atoms with Gasteiger partial charge in [0.1, 0.15) is 6.54 Å². The molecule has 0 aliphatic rings. The van der Waals surface area contributed by atoms with Gasteiger partial charge in [0.15, 0.2) is 0 Å². The van der Waals surface area contributed by atoms with E-state index in [0.29, 0.717) is 17.3 Å². The maximum Gasteiger partial charge on any atom is 0.264 e. The minimum Gasteiger partial charge on any atom is -0.340 e. The van der Waals surface area contributed by atoms with Crippen LogP contribution >= 0.6 is 11.6 Å². The van der Waals surface area contributed by atoms with Gasteiger partial charge in [-0.25, -0.2) is 8.42 Å². The Bertz CT molecular complexity index is 1210. The second-order valence-corrected chi connectivity index (χ2v) is 10.3. The van der Waals surface area contributed by atoms with E-state index >= 15 is 0 Å². The topological polar surface area (TPSA) is 57.7 Å². The third-order valence-electron chi connectivity index (χ3n) is 5.27. The number of likely N-dealkylation sites (N-methyl/N-ethyl adjacent to an activating group) is 1. The van der Waals surface area contributed by atoms with Crippen LogP contribution in [0.4, 0.5) is 5.69 Å². The maximum atomic E-state index is 13.6. The summed E-state index contributed by atoms with van der Waals surface area (Å²) in [7, 11) is -2.28. The summed E-state index contributed by atoms with van der Waals surface area (Å²) >= 11 is 5.94. The second-order valence-electron chi connectivity index (χ2n) is 7.99. The van der Waals surface area contributed by atoms with Crippen LogP contribution in [0.25, 0.3) is 0 Å². The first kappa shape index (κ1) is 23.8. The summed E-state index contributed by atoms with van der Waals surface area (Å²) in [6.45, 7) is 5.74. The van der Waals surface area contributed by atoms with Crippen LogP contribution in [-0.2, 0) is 21.4 Å². The van der Waals surface area contributed by atoms with Gasteiger partial charge in [-0.05, 0) is 62.2 Å². The number of carbonyl (C=O) groups excluding carboxylic acids is 1. The number of sulfonamides is 1. The lowest BCUT2D eigenvalue weighted by molar-refractivity contribution is -0.128. The Labute approximate surface area is 195 Å². The van der Waals surface area contributed by atoms with Gasteiger partial charge >= 0.3 is 0 Å². The van der Waals surface area contributed by atoms with Crippen LogP contribution in [0, 0.1) is 20.8 Å². The van der Waals surface area contributed by atoms with Crippen molar-refractivity contribution in [1.82, 2.24) is 4.90 Å². The largest absolute Gasteiger partial charge is 0.340 e. The van der Waals surface area contributed by atoms with Gasteiger partial charge in [-0.15, -0.1) is 0 Å². The molecule has 3 aromatic rings. The summed E-state index contributed by atoms with van der Waals surface area (Å²) in [5, 5.41) is 0.618. The van der Waals surface area contributed by atoms with E-state index in [1.54, 1.807) is 49.5 Å². The Hall–Kier alpha value is -2.83. The first-order valence-electron chi connectivity index (χ1n) is 10.2. The summed E-state index contributed by atoms with van der Waals surface area (Å²) in [6, 6.07) is 19.4. The minimum absolute atomic E-state index is 0.149. The van der Waals surface area contributed by atoms with Gasteiger partial charge in [0.25, 0.3) is 10.0 Å². The molecule has 0 aliphatic heterocycles. The van der Waals surface area contributed by atoms with Crippen molar-refractivity contribution in [3.63, 3.8) is 0 Å². The number of halogens is 1. The molecule has 0 saturated carbocycles. The first-order chi connectivity index (χ1) is 15.1. The van der Waals surface area contributed by atoms with E-state index in [4.69, 9.17) is 11.6 Å². The van der Waals surface area contributed by atoms with E-state index in [0.717, 1.165) is 22.3 Å². The van der Waals surface area contributed by atoms with Gasteiger partial charge in [-0.2, -0.15) is 0 Å².